The summed E-state index contributed by atoms with van der Waals surface area (Å²) in [4.78, 5) is 21.6. The highest BCUT2D eigenvalue weighted by atomic mass is 19.3. The van der Waals surface area contributed by atoms with Crippen molar-refractivity contribution in [1.82, 2.24) is 9.97 Å². The predicted octanol–water partition coefficient (Wildman–Crippen LogP) is 4.64. The molecule has 1 saturated heterocycles. The van der Waals surface area contributed by atoms with Gasteiger partial charge in [-0.3, -0.25) is 4.79 Å². The topological polar surface area (TPSA) is 61.0 Å². The summed E-state index contributed by atoms with van der Waals surface area (Å²) in [6.07, 6.45) is 0.923. The molecule has 0 radical (unpaired) electrons. The number of aromatic nitrogens is 2. The van der Waals surface area contributed by atoms with Crippen molar-refractivity contribution in [1.29, 1.82) is 0 Å². The number of hydrogen-bond acceptors (Lipinski definition) is 3. The number of nitrogens with one attached hydrogen (secondary N) is 2. The Morgan fingerprint density at radius 1 is 1.14 bits per heavy atom. The summed E-state index contributed by atoms with van der Waals surface area (Å²) in [6, 6.07) is 5.14. The number of nitrogens with zero attached hydrogens (tertiary/aromatic N) is 2. The third-order valence-corrected chi connectivity index (χ3v) is 4.99. The SMILES string of the molecule is Cc1cc(C(=O)Nc2c[nH]c3cc(F)c(F)cc23)cc(N2CCC(F)(F)CC2)n1. The van der Waals surface area contributed by atoms with Gasteiger partial charge in [0, 0.05) is 54.8 Å². The molecule has 29 heavy (non-hydrogen) atoms. The van der Waals surface area contributed by atoms with E-state index in [-0.39, 0.29) is 25.9 Å². The van der Waals surface area contributed by atoms with Gasteiger partial charge in [0.05, 0.1) is 11.2 Å². The van der Waals surface area contributed by atoms with Crippen molar-refractivity contribution in [2.24, 2.45) is 0 Å². The number of hydrogen-bond donors (Lipinski definition) is 2. The van der Waals surface area contributed by atoms with E-state index in [1.807, 2.05) is 0 Å². The number of benzene rings is 1. The Hall–Kier alpha value is -3.10. The summed E-state index contributed by atoms with van der Waals surface area (Å²) in [7, 11) is 0. The molecule has 2 aromatic heterocycles. The van der Waals surface area contributed by atoms with E-state index >= 15 is 0 Å². The van der Waals surface area contributed by atoms with E-state index in [4.69, 9.17) is 0 Å². The zero-order valence-electron chi connectivity index (χ0n) is 15.5. The number of halogens is 4. The first-order valence-electron chi connectivity index (χ1n) is 9.11. The highest BCUT2D eigenvalue weighted by Gasteiger charge is 2.34. The number of carbonyl (C=O) groups excluding carboxylic acids is 1. The van der Waals surface area contributed by atoms with Crippen molar-refractivity contribution in [2.45, 2.75) is 25.7 Å². The second-order valence-corrected chi connectivity index (χ2v) is 7.17. The number of rotatable bonds is 3. The van der Waals surface area contributed by atoms with Crippen LogP contribution in [0.5, 0.6) is 0 Å². The molecule has 0 saturated carbocycles. The van der Waals surface area contributed by atoms with Crippen LogP contribution >= 0.6 is 0 Å². The van der Waals surface area contributed by atoms with E-state index in [0.717, 1.165) is 12.1 Å². The fourth-order valence-electron chi connectivity index (χ4n) is 3.42. The molecule has 3 heterocycles. The fraction of sp³-hybridized carbons (Fsp3) is 0.300. The number of piperidine rings is 1. The van der Waals surface area contributed by atoms with Gasteiger partial charge >= 0.3 is 0 Å². The lowest BCUT2D eigenvalue weighted by Crippen LogP contribution is -2.39. The molecule has 1 aromatic carbocycles. The number of pyridine rings is 1. The highest BCUT2D eigenvalue weighted by molar-refractivity contribution is 6.09. The molecule has 0 unspecified atom stereocenters. The first-order chi connectivity index (χ1) is 13.7. The maximum Gasteiger partial charge on any atom is 0.255 e. The Labute approximate surface area is 163 Å². The third-order valence-electron chi connectivity index (χ3n) is 4.99. The van der Waals surface area contributed by atoms with Crippen LogP contribution in [0.1, 0.15) is 28.9 Å². The van der Waals surface area contributed by atoms with Crippen molar-refractivity contribution >= 4 is 28.3 Å². The second kappa shape index (κ2) is 7.06. The van der Waals surface area contributed by atoms with Gasteiger partial charge in [0.25, 0.3) is 11.8 Å². The van der Waals surface area contributed by atoms with Crippen LogP contribution in [0.15, 0.2) is 30.5 Å². The van der Waals surface area contributed by atoms with Crippen LogP contribution in [0.4, 0.5) is 29.1 Å². The van der Waals surface area contributed by atoms with Gasteiger partial charge in [-0.15, -0.1) is 0 Å². The van der Waals surface area contributed by atoms with E-state index in [0.29, 0.717) is 33.7 Å². The summed E-state index contributed by atoms with van der Waals surface area (Å²) in [5, 5.41) is 3.01. The Morgan fingerprint density at radius 3 is 2.55 bits per heavy atom. The Morgan fingerprint density at radius 2 is 1.83 bits per heavy atom. The maximum absolute atomic E-state index is 13.6. The summed E-state index contributed by atoms with van der Waals surface area (Å²) < 4.78 is 53.7. The average Bonchev–Trinajstić information content (AvgIpc) is 3.03. The Kier molecular flexibility index (Phi) is 4.68. The van der Waals surface area contributed by atoms with Gasteiger partial charge in [-0.2, -0.15) is 0 Å². The van der Waals surface area contributed by atoms with Gasteiger partial charge in [-0.1, -0.05) is 0 Å². The number of amides is 1. The molecule has 3 aromatic rings. The number of aryl methyl sites for hydroxylation is 1. The largest absolute Gasteiger partial charge is 0.359 e. The van der Waals surface area contributed by atoms with Crippen molar-refractivity contribution in [3.8, 4) is 0 Å². The van der Waals surface area contributed by atoms with Gasteiger partial charge in [0.1, 0.15) is 5.82 Å². The van der Waals surface area contributed by atoms with E-state index in [9.17, 15) is 22.4 Å². The van der Waals surface area contributed by atoms with Crippen LogP contribution in [0.3, 0.4) is 0 Å². The van der Waals surface area contributed by atoms with Crippen LogP contribution < -0.4 is 10.2 Å². The molecule has 9 heteroatoms. The number of H-pyrrole nitrogens is 1. The number of aromatic amines is 1. The maximum atomic E-state index is 13.6. The lowest BCUT2D eigenvalue weighted by atomic mass is 10.1. The van der Waals surface area contributed by atoms with Crippen molar-refractivity contribution in [2.75, 3.05) is 23.3 Å². The van der Waals surface area contributed by atoms with Crippen molar-refractivity contribution < 1.29 is 22.4 Å². The van der Waals surface area contributed by atoms with Crippen LogP contribution in [0.2, 0.25) is 0 Å². The molecular formula is C20H18F4N4O. The minimum Gasteiger partial charge on any atom is -0.359 e. The normalized spacial score (nSPS) is 16.2. The Balaban J connectivity index is 1.58. The number of anilines is 2. The molecule has 152 valence electrons. The van der Waals surface area contributed by atoms with Crippen molar-refractivity contribution in [3.63, 3.8) is 0 Å². The molecule has 4 rings (SSSR count). The summed E-state index contributed by atoms with van der Waals surface area (Å²) in [5.41, 5.74) is 1.51. The molecule has 0 bridgehead atoms. The summed E-state index contributed by atoms with van der Waals surface area (Å²) in [6.45, 7) is 2.01. The Bertz CT molecular complexity index is 1090. The first-order valence-corrected chi connectivity index (χ1v) is 9.11. The molecule has 1 aliphatic heterocycles. The average molecular weight is 406 g/mol. The van der Waals surface area contributed by atoms with Crippen LogP contribution in [0.25, 0.3) is 10.9 Å². The van der Waals surface area contributed by atoms with Gasteiger partial charge in [-0.05, 0) is 25.1 Å². The van der Waals surface area contributed by atoms with Crippen LogP contribution in [-0.2, 0) is 0 Å². The van der Waals surface area contributed by atoms with Crippen LogP contribution in [-0.4, -0.2) is 34.9 Å². The zero-order valence-corrected chi connectivity index (χ0v) is 15.5. The standard InChI is InChI=1S/C20H18F4N4O/c1-11-6-12(7-18(26-11)28-4-2-20(23,24)3-5-28)19(29)27-17-10-25-16-9-15(22)14(21)8-13(16)17/h6-10,25H,2-5H2,1H3,(H,27,29). The summed E-state index contributed by atoms with van der Waals surface area (Å²) in [5.74, 6) is -4.69. The quantitative estimate of drug-likeness (QED) is 0.623. The van der Waals surface area contributed by atoms with E-state index in [1.54, 1.807) is 24.0 Å². The number of fused-ring (bicyclic) bond motifs is 1. The minimum absolute atomic E-state index is 0.151. The molecule has 1 aliphatic rings. The molecule has 1 fully saturated rings. The van der Waals surface area contributed by atoms with Crippen LogP contribution in [0, 0.1) is 18.6 Å². The van der Waals surface area contributed by atoms with Crippen molar-refractivity contribution in [3.05, 3.63) is 53.4 Å². The lowest BCUT2D eigenvalue weighted by Gasteiger charge is -2.32. The zero-order chi connectivity index (χ0) is 20.8. The van der Waals surface area contributed by atoms with Gasteiger partial charge in [0.2, 0.25) is 0 Å². The second-order valence-electron chi connectivity index (χ2n) is 7.17. The highest BCUT2D eigenvalue weighted by Crippen LogP contribution is 2.31. The monoisotopic (exact) mass is 406 g/mol. The number of carbonyl (C=O) groups is 1. The first kappa shape index (κ1) is 19.2. The minimum atomic E-state index is -2.68. The molecule has 0 spiro atoms. The van der Waals surface area contributed by atoms with Gasteiger partial charge in [-0.25, -0.2) is 22.5 Å². The fourth-order valence-corrected chi connectivity index (χ4v) is 3.42. The lowest BCUT2D eigenvalue weighted by molar-refractivity contribution is -0.0221. The van der Waals surface area contributed by atoms with Gasteiger partial charge < -0.3 is 15.2 Å². The smallest absolute Gasteiger partial charge is 0.255 e. The predicted molar refractivity (Wildman–Crippen MR) is 102 cm³/mol. The molecular weight excluding hydrogens is 388 g/mol. The molecule has 0 aliphatic carbocycles. The van der Waals surface area contributed by atoms with E-state index in [2.05, 4.69) is 15.3 Å². The molecule has 0 atom stereocenters. The van der Waals surface area contributed by atoms with Gasteiger partial charge in [0.15, 0.2) is 11.6 Å². The molecule has 5 nitrogen and oxygen atoms in total. The third kappa shape index (κ3) is 3.90. The van der Waals surface area contributed by atoms with E-state index < -0.39 is 23.5 Å². The molecule has 1 amide bonds. The van der Waals surface area contributed by atoms with E-state index in [1.165, 1.54) is 6.20 Å². The number of alkyl halides is 2. The molecule has 2 N–H and O–H groups in total. The summed E-state index contributed by atoms with van der Waals surface area (Å²) >= 11 is 0.